The van der Waals surface area contributed by atoms with Gasteiger partial charge in [0.15, 0.2) is 0 Å². The highest BCUT2D eigenvalue weighted by molar-refractivity contribution is 4.73. The maximum atomic E-state index is 3.64. The Kier molecular flexibility index (Phi) is 4.67. The molecule has 0 aromatic rings. The van der Waals surface area contributed by atoms with Crippen LogP contribution in [-0.2, 0) is 0 Å². The third-order valence-electron chi connectivity index (χ3n) is 1.07. The molecule has 0 aromatic carbocycles. The SMILES string of the molecule is C=CC[C@H](C)NCC. The third-order valence-corrected chi connectivity index (χ3v) is 1.07. The topological polar surface area (TPSA) is 12.0 Å². The first-order valence-corrected chi connectivity index (χ1v) is 3.15. The van der Waals surface area contributed by atoms with Crippen LogP contribution < -0.4 is 5.32 Å². The van der Waals surface area contributed by atoms with Crippen LogP contribution in [0.15, 0.2) is 12.7 Å². The molecule has 48 valence electrons. The van der Waals surface area contributed by atoms with E-state index in [1.165, 1.54) is 0 Å². The Hall–Kier alpha value is -0.300. The van der Waals surface area contributed by atoms with Crippen molar-refractivity contribution in [2.75, 3.05) is 6.54 Å². The van der Waals surface area contributed by atoms with E-state index in [-0.39, 0.29) is 0 Å². The molecule has 0 unspecified atom stereocenters. The fourth-order valence-corrected chi connectivity index (χ4v) is 0.682. The van der Waals surface area contributed by atoms with Crippen molar-refractivity contribution in [2.24, 2.45) is 0 Å². The van der Waals surface area contributed by atoms with E-state index in [1.54, 1.807) is 0 Å². The van der Waals surface area contributed by atoms with Crippen LogP contribution in [0.3, 0.4) is 0 Å². The lowest BCUT2D eigenvalue weighted by Gasteiger charge is -2.07. The Morgan fingerprint density at radius 1 is 1.75 bits per heavy atom. The van der Waals surface area contributed by atoms with E-state index in [4.69, 9.17) is 0 Å². The van der Waals surface area contributed by atoms with Crippen LogP contribution in [0.4, 0.5) is 0 Å². The van der Waals surface area contributed by atoms with Crippen molar-refractivity contribution < 1.29 is 0 Å². The van der Waals surface area contributed by atoms with Gasteiger partial charge in [0, 0.05) is 6.04 Å². The van der Waals surface area contributed by atoms with Gasteiger partial charge in [0.05, 0.1) is 0 Å². The van der Waals surface area contributed by atoms with E-state index in [0.717, 1.165) is 13.0 Å². The second-order valence-corrected chi connectivity index (χ2v) is 1.98. The van der Waals surface area contributed by atoms with Gasteiger partial charge in [-0.3, -0.25) is 0 Å². The van der Waals surface area contributed by atoms with Crippen LogP contribution in [-0.4, -0.2) is 12.6 Å². The molecule has 8 heavy (non-hydrogen) atoms. The second kappa shape index (κ2) is 4.85. The Bertz CT molecular complexity index is 59.4. The molecule has 0 rings (SSSR count). The van der Waals surface area contributed by atoms with Gasteiger partial charge in [-0.2, -0.15) is 0 Å². The van der Waals surface area contributed by atoms with Gasteiger partial charge in [0.2, 0.25) is 0 Å². The van der Waals surface area contributed by atoms with E-state index in [9.17, 15) is 0 Å². The van der Waals surface area contributed by atoms with Crippen molar-refractivity contribution in [3.8, 4) is 0 Å². The summed E-state index contributed by atoms with van der Waals surface area (Å²) in [5.74, 6) is 0. The van der Waals surface area contributed by atoms with E-state index in [2.05, 4.69) is 25.7 Å². The van der Waals surface area contributed by atoms with E-state index in [1.807, 2.05) is 6.08 Å². The summed E-state index contributed by atoms with van der Waals surface area (Å²) in [5.41, 5.74) is 0. The number of hydrogen-bond donors (Lipinski definition) is 1. The molecule has 1 nitrogen and oxygen atoms in total. The first-order chi connectivity index (χ1) is 3.81. The molecule has 1 N–H and O–H groups in total. The van der Waals surface area contributed by atoms with Crippen molar-refractivity contribution in [3.05, 3.63) is 12.7 Å². The molecule has 1 atom stereocenters. The standard InChI is InChI=1S/C7H15N/c1-4-6-7(3)8-5-2/h4,7-8H,1,5-6H2,2-3H3/t7-/m0/s1. The lowest BCUT2D eigenvalue weighted by Crippen LogP contribution is -2.24. The van der Waals surface area contributed by atoms with Crippen molar-refractivity contribution in [1.29, 1.82) is 0 Å². The van der Waals surface area contributed by atoms with Gasteiger partial charge >= 0.3 is 0 Å². The van der Waals surface area contributed by atoms with Crippen molar-refractivity contribution in [3.63, 3.8) is 0 Å². The molecular formula is C7H15N. The Labute approximate surface area is 51.8 Å². The normalized spacial score (nSPS) is 13.2. The summed E-state index contributed by atoms with van der Waals surface area (Å²) in [6, 6.07) is 0.595. The maximum Gasteiger partial charge on any atom is 0.00730 e. The first-order valence-electron chi connectivity index (χ1n) is 3.15. The summed E-state index contributed by atoms with van der Waals surface area (Å²) in [6.07, 6.45) is 3.00. The molecule has 0 spiro atoms. The summed E-state index contributed by atoms with van der Waals surface area (Å²) in [5, 5.41) is 3.28. The molecule has 0 amide bonds. The Balaban J connectivity index is 3.03. The lowest BCUT2D eigenvalue weighted by molar-refractivity contribution is 0.574. The van der Waals surface area contributed by atoms with Crippen LogP contribution in [0.25, 0.3) is 0 Å². The summed E-state index contributed by atoms with van der Waals surface area (Å²) in [7, 11) is 0. The highest BCUT2D eigenvalue weighted by Crippen LogP contribution is 1.88. The van der Waals surface area contributed by atoms with Gasteiger partial charge in [0.1, 0.15) is 0 Å². The molecule has 0 fully saturated rings. The van der Waals surface area contributed by atoms with E-state index < -0.39 is 0 Å². The first kappa shape index (κ1) is 7.70. The molecule has 0 aromatic heterocycles. The van der Waals surface area contributed by atoms with Gasteiger partial charge < -0.3 is 5.32 Å². The maximum absolute atomic E-state index is 3.64. The Morgan fingerprint density at radius 3 is 2.75 bits per heavy atom. The van der Waals surface area contributed by atoms with Crippen LogP contribution in [0.5, 0.6) is 0 Å². The summed E-state index contributed by atoms with van der Waals surface area (Å²) < 4.78 is 0. The molecule has 0 saturated heterocycles. The quantitative estimate of drug-likeness (QED) is 0.545. The molecule has 0 saturated carbocycles. The molecule has 0 aliphatic rings. The largest absolute Gasteiger partial charge is 0.314 e. The van der Waals surface area contributed by atoms with Crippen LogP contribution in [0.1, 0.15) is 20.3 Å². The smallest absolute Gasteiger partial charge is 0.00730 e. The van der Waals surface area contributed by atoms with Gasteiger partial charge in [-0.15, -0.1) is 6.58 Å². The molecule has 0 radical (unpaired) electrons. The molecule has 0 bridgehead atoms. The van der Waals surface area contributed by atoms with Gasteiger partial charge in [-0.1, -0.05) is 13.0 Å². The van der Waals surface area contributed by atoms with Crippen molar-refractivity contribution in [1.82, 2.24) is 5.32 Å². The van der Waals surface area contributed by atoms with E-state index in [0.29, 0.717) is 6.04 Å². The third kappa shape index (κ3) is 3.88. The molecule has 0 heterocycles. The predicted octanol–water partition coefficient (Wildman–Crippen LogP) is 1.56. The lowest BCUT2D eigenvalue weighted by atomic mass is 10.2. The van der Waals surface area contributed by atoms with E-state index >= 15 is 0 Å². The van der Waals surface area contributed by atoms with Crippen molar-refractivity contribution >= 4 is 0 Å². The summed E-state index contributed by atoms with van der Waals surface area (Å²) >= 11 is 0. The van der Waals surface area contributed by atoms with Crippen LogP contribution >= 0.6 is 0 Å². The summed E-state index contributed by atoms with van der Waals surface area (Å²) in [4.78, 5) is 0. The Morgan fingerprint density at radius 2 is 2.38 bits per heavy atom. The van der Waals surface area contributed by atoms with Gasteiger partial charge in [-0.25, -0.2) is 0 Å². The molecule has 1 heteroatoms. The van der Waals surface area contributed by atoms with Gasteiger partial charge in [-0.05, 0) is 19.9 Å². The van der Waals surface area contributed by atoms with Crippen LogP contribution in [0.2, 0.25) is 0 Å². The fraction of sp³-hybridized carbons (Fsp3) is 0.714. The zero-order chi connectivity index (χ0) is 6.41. The number of hydrogen-bond acceptors (Lipinski definition) is 1. The molecule has 0 aliphatic carbocycles. The molecular weight excluding hydrogens is 98.1 g/mol. The zero-order valence-electron chi connectivity index (χ0n) is 5.78. The molecule has 0 aliphatic heterocycles. The predicted molar refractivity (Wildman–Crippen MR) is 38.0 cm³/mol. The van der Waals surface area contributed by atoms with Crippen LogP contribution in [0, 0.1) is 0 Å². The highest BCUT2D eigenvalue weighted by atomic mass is 14.9. The highest BCUT2D eigenvalue weighted by Gasteiger charge is 1.91. The number of nitrogens with one attached hydrogen (secondary N) is 1. The minimum Gasteiger partial charge on any atom is -0.314 e. The minimum absolute atomic E-state index is 0.595. The zero-order valence-corrected chi connectivity index (χ0v) is 5.78. The van der Waals surface area contributed by atoms with Gasteiger partial charge in [0.25, 0.3) is 0 Å². The average Bonchev–Trinajstić information content (AvgIpc) is 1.68. The minimum atomic E-state index is 0.595. The average molecular weight is 113 g/mol. The fourth-order valence-electron chi connectivity index (χ4n) is 0.682. The number of rotatable bonds is 4. The second-order valence-electron chi connectivity index (χ2n) is 1.98. The summed E-state index contributed by atoms with van der Waals surface area (Å²) in [6.45, 7) is 8.96. The monoisotopic (exact) mass is 113 g/mol. The van der Waals surface area contributed by atoms with Crippen molar-refractivity contribution in [2.45, 2.75) is 26.3 Å².